The van der Waals surface area contributed by atoms with E-state index in [4.69, 9.17) is 4.74 Å². The van der Waals surface area contributed by atoms with E-state index in [-0.39, 0.29) is 13.0 Å². The summed E-state index contributed by atoms with van der Waals surface area (Å²) in [7, 11) is 0. The molecule has 2 aromatic rings. The highest BCUT2D eigenvalue weighted by Gasteiger charge is 2.18. The summed E-state index contributed by atoms with van der Waals surface area (Å²) in [5.74, 6) is -4.49. The monoisotopic (exact) mass is 280 g/mol. The van der Waals surface area contributed by atoms with Crippen molar-refractivity contribution in [2.24, 2.45) is 0 Å². The number of para-hydroxylation sites is 1. The highest BCUT2D eigenvalue weighted by molar-refractivity contribution is 5.96. The van der Waals surface area contributed by atoms with E-state index in [1.165, 1.54) is 0 Å². The number of rotatable bonds is 5. The number of ether oxygens (including phenoxy) is 1. The Balaban J connectivity index is 1.97. The third-order valence-corrected chi connectivity index (χ3v) is 2.68. The van der Waals surface area contributed by atoms with Gasteiger partial charge in [0.1, 0.15) is 5.75 Å². The van der Waals surface area contributed by atoms with Crippen molar-refractivity contribution in [2.75, 3.05) is 6.61 Å². The van der Waals surface area contributed by atoms with Gasteiger partial charge in [0.15, 0.2) is 23.2 Å². The number of benzene rings is 2. The normalized spacial score (nSPS) is 10.3. The van der Waals surface area contributed by atoms with Crippen LogP contribution in [0, 0.1) is 17.5 Å². The molecule has 20 heavy (non-hydrogen) atoms. The first kappa shape index (κ1) is 14.1. The van der Waals surface area contributed by atoms with Gasteiger partial charge < -0.3 is 4.74 Å². The van der Waals surface area contributed by atoms with E-state index in [1.54, 1.807) is 24.3 Å². The van der Waals surface area contributed by atoms with Crippen LogP contribution in [0.15, 0.2) is 42.5 Å². The average molecular weight is 280 g/mol. The minimum absolute atomic E-state index is 0.0290. The fourth-order valence-electron chi connectivity index (χ4n) is 1.65. The molecular weight excluding hydrogens is 269 g/mol. The lowest BCUT2D eigenvalue weighted by Crippen LogP contribution is -2.10. The smallest absolute Gasteiger partial charge is 0.195 e. The summed E-state index contributed by atoms with van der Waals surface area (Å²) in [4.78, 5) is 11.7. The molecule has 0 saturated carbocycles. The first-order chi connectivity index (χ1) is 9.59. The largest absolute Gasteiger partial charge is 0.493 e. The number of ketones is 1. The summed E-state index contributed by atoms with van der Waals surface area (Å²) in [6, 6.07) is 10.4. The maximum atomic E-state index is 13.4. The number of halogens is 3. The summed E-state index contributed by atoms with van der Waals surface area (Å²) >= 11 is 0. The zero-order chi connectivity index (χ0) is 14.5. The predicted octanol–water partition coefficient (Wildman–Crippen LogP) is 3.76. The van der Waals surface area contributed by atoms with Crippen molar-refractivity contribution in [3.8, 4) is 5.75 Å². The van der Waals surface area contributed by atoms with Crippen LogP contribution >= 0.6 is 0 Å². The second-order valence-electron chi connectivity index (χ2n) is 4.06. The molecule has 2 rings (SSSR count). The molecule has 0 bridgehead atoms. The van der Waals surface area contributed by atoms with Gasteiger partial charge in [-0.2, -0.15) is 0 Å². The molecule has 0 aliphatic rings. The van der Waals surface area contributed by atoms with Gasteiger partial charge in [-0.1, -0.05) is 18.2 Å². The van der Waals surface area contributed by atoms with Crippen LogP contribution in [0.5, 0.6) is 5.75 Å². The highest BCUT2D eigenvalue weighted by Crippen LogP contribution is 2.17. The maximum Gasteiger partial charge on any atom is 0.195 e. The zero-order valence-electron chi connectivity index (χ0n) is 10.4. The van der Waals surface area contributed by atoms with Crippen molar-refractivity contribution in [2.45, 2.75) is 6.42 Å². The molecule has 0 radical (unpaired) electrons. The van der Waals surface area contributed by atoms with Crippen LogP contribution < -0.4 is 4.74 Å². The van der Waals surface area contributed by atoms with Crippen LogP contribution in [-0.4, -0.2) is 12.4 Å². The summed E-state index contributed by atoms with van der Waals surface area (Å²) in [5, 5.41) is 0. The molecule has 0 amide bonds. The van der Waals surface area contributed by atoms with E-state index >= 15 is 0 Å². The van der Waals surface area contributed by atoms with Crippen LogP contribution in [0.4, 0.5) is 13.2 Å². The zero-order valence-corrected chi connectivity index (χ0v) is 10.4. The Kier molecular flexibility index (Phi) is 4.40. The van der Waals surface area contributed by atoms with Crippen LogP contribution in [0.25, 0.3) is 0 Å². The van der Waals surface area contributed by atoms with Crippen LogP contribution in [0.2, 0.25) is 0 Å². The van der Waals surface area contributed by atoms with E-state index in [2.05, 4.69) is 0 Å². The second-order valence-corrected chi connectivity index (χ2v) is 4.06. The fourth-order valence-corrected chi connectivity index (χ4v) is 1.65. The lowest BCUT2D eigenvalue weighted by atomic mass is 10.1. The Bertz CT molecular complexity index is 612. The maximum absolute atomic E-state index is 13.4. The van der Waals surface area contributed by atoms with Crippen LogP contribution in [0.3, 0.4) is 0 Å². The Morgan fingerprint density at radius 3 is 2.35 bits per heavy atom. The molecule has 0 unspecified atom stereocenters. The minimum Gasteiger partial charge on any atom is -0.493 e. The topological polar surface area (TPSA) is 26.3 Å². The molecule has 2 aromatic carbocycles. The Morgan fingerprint density at radius 2 is 1.65 bits per heavy atom. The lowest BCUT2D eigenvalue weighted by molar-refractivity contribution is 0.0957. The van der Waals surface area contributed by atoms with Crippen molar-refractivity contribution < 1.29 is 22.7 Å². The van der Waals surface area contributed by atoms with Crippen LogP contribution in [-0.2, 0) is 0 Å². The van der Waals surface area contributed by atoms with Crippen molar-refractivity contribution in [3.05, 3.63) is 65.5 Å². The van der Waals surface area contributed by atoms with Crippen molar-refractivity contribution in [1.29, 1.82) is 0 Å². The first-order valence-electron chi connectivity index (χ1n) is 5.94. The average Bonchev–Trinajstić information content (AvgIpc) is 2.46. The molecule has 2 nitrogen and oxygen atoms in total. The fraction of sp³-hybridized carbons (Fsp3) is 0.133. The van der Waals surface area contributed by atoms with Crippen molar-refractivity contribution in [1.82, 2.24) is 0 Å². The van der Waals surface area contributed by atoms with E-state index in [1.807, 2.05) is 6.07 Å². The number of carbonyl (C=O) groups excluding carboxylic acids is 1. The summed E-state index contributed by atoms with van der Waals surface area (Å²) < 4.78 is 44.4. The SMILES string of the molecule is O=C(CCOc1ccccc1)c1ccc(F)c(F)c1F. The molecule has 5 heteroatoms. The van der Waals surface area contributed by atoms with Gasteiger partial charge in [0, 0.05) is 6.42 Å². The van der Waals surface area contributed by atoms with E-state index in [0.717, 1.165) is 12.1 Å². The second kappa shape index (κ2) is 6.23. The number of hydrogen-bond donors (Lipinski definition) is 0. The van der Waals surface area contributed by atoms with Gasteiger partial charge >= 0.3 is 0 Å². The van der Waals surface area contributed by atoms with Gasteiger partial charge in [0.25, 0.3) is 0 Å². The van der Waals surface area contributed by atoms with Gasteiger partial charge in [-0.15, -0.1) is 0 Å². The minimum atomic E-state index is -1.64. The van der Waals surface area contributed by atoms with Gasteiger partial charge in [-0.25, -0.2) is 13.2 Å². The molecule has 0 atom stereocenters. The Morgan fingerprint density at radius 1 is 0.950 bits per heavy atom. The molecule has 0 N–H and O–H groups in total. The summed E-state index contributed by atoms with van der Waals surface area (Å²) in [6.07, 6.45) is -0.128. The Hall–Kier alpha value is -2.30. The quantitative estimate of drug-likeness (QED) is 0.616. The predicted molar refractivity (Wildman–Crippen MR) is 67.2 cm³/mol. The lowest BCUT2D eigenvalue weighted by Gasteiger charge is -2.06. The molecule has 0 spiro atoms. The molecule has 0 aliphatic heterocycles. The number of hydrogen-bond acceptors (Lipinski definition) is 2. The molecular formula is C15H11F3O2. The van der Waals surface area contributed by atoms with E-state index in [0.29, 0.717) is 5.75 Å². The number of Topliss-reactive ketones (excluding diaryl/α,β-unsaturated/α-hetero) is 1. The number of carbonyl (C=O) groups is 1. The van der Waals surface area contributed by atoms with E-state index in [9.17, 15) is 18.0 Å². The van der Waals surface area contributed by atoms with Gasteiger partial charge in [0.05, 0.1) is 12.2 Å². The molecule has 0 aromatic heterocycles. The third-order valence-electron chi connectivity index (χ3n) is 2.68. The van der Waals surface area contributed by atoms with Crippen molar-refractivity contribution in [3.63, 3.8) is 0 Å². The van der Waals surface area contributed by atoms with Gasteiger partial charge in [0.2, 0.25) is 0 Å². The summed E-state index contributed by atoms with van der Waals surface area (Å²) in [6.45, 7) is 0.0290. The van der Waals surface area contributed by atoms with E-state index < -0.39 is 28.8 Å². The third kappa shape index (κ3) is 3.17. The van der Waals surface area contributed by atoms with Crippen molar-refractivity contribution >= 4 is 5.78 Å². The van der Waals surface area contributed by atoms with Gasteiger partial charge in [-0.3, -0.25) is 4.79 Å². The standard InChI is InChI=1S/C15H11F3O2/c16-12-7-6-11(14(17)15(12)18)13(19)8-9-20-10-4-2-1-3-5-10/h1-7H,8-9H2. The molecule has 0 fully saturated rings. The molecule has 104 valence electrons. The highest BCUT2D eigenvalue weighted by atomic mass is 19.2. The first-order valence-corrected chi connectivity index (χ1v) is 5.94. The Labute approximate surface area is 113 Å². The van der Waals surface area contributed by atoms with Gasteiger partial charge in [-0.05, 0) is 24.3 Å². The molecule has 0 heterocycles. The molecule has 0 aliphatic carbocycles. The van der Waals surface area contributed by atoms with Crippen LogP contribution in [0.1, 0.15) is 16.8 Å². The molecule has 0 saturated heterocycles. The summed E-state index contributed by atoms with van der Waals surface area (Å²) in [5.41, 5.74) is -0.472.